The molecule has 1 unspecified atom stereocenters. The van der Waals surface area contributed by atoms with E-state index in [2.05, 4.69) is 10.6 Å². The van der Waals surface area contributed by atoms with E-state index >= 15 is 0 Å². The number of benzene rings is 2. The van der Waals surface area contributed by atoms with E-state index in [1.165, 1.54) is 43.5 Å². The van der Waals surface area contributed by atoms with Crippen molar-refractivity contribution >= 4 is 11.7 Å². The quantitative estimate of drug-likeness (QED) is 0.793. The van der Waals surface area contributed by atoms with E-state index in [4.69, 9.17) is 4.74 Å². The lowest BCUT2D eigenvalue weighted by molar-refractivity contribution is 0.175. The Morgan fingerprint density at radius 1 is 1.17 bits per heavy atom. The van der Waals surface area contributed by atoms with Gasteiger partial charge in [-0.05, 0) is 29.8 Å². The number of carbonyl (C=O) groups excluding carboxylic acids is 1. The molecule has 2 amide bonds. The van der Waals surface area contributed by atoms with Gasteiger partial charge < -0.3 is 20.5 Å². The third-order valence-corrected chi connectivity index (χ3v) is 3.12. The average molecular weight is 322 g/mol. The summed E-state index contributed by atoms with van der Waals surface area (Å²) >= 11 is 0. The maximum Gasteiger partial charge on any atom is 0.319 e. The molecule has 0 aliphatic carbocycles. The predicted octanol–water partition coefficient (Wildman–Crippen LogP) is 2.83. The number of aliphatic hydroxyl groups is 1. The highest BCUT2D eigenvalue weighted by Crippen LogP contribution is 2.24. The summed E-state index contributed by atoms with van der Waals surface area (Å²) < 4.78 is 30.8. The van der Waals surface area contributed by atoms with Crippen LogP contribution in [0.1, 0.15) is 11.7 Å². The standard InChI is InChI=1S/C16H16F2N2O3/c1-23-15-8-12(18)6-7-13(15)20-16(22)19-9-14(21)10-2-4-11(17)5-3-10/h2-8,14,21H,9H2,1H3,(H2,19,20,22). The second kappa shape index (κ2) is 7.55. The number of amides is 2. The highest BCUT2D eigenvalue weighted by Gasteiger charge is 2.12. The van der Waals surface area contributed by atoms with E-state index in [-0.39, 0.29) is 12.3 Å². The van der Waals surface area contributed by atoms with Gasteiger partial charge in [0.25, 0.3) is 0 Å². The van der Waals surface area contributed by atoms with Crippen LogP contribution >= 0.6 is 0 Å². The SMILES string of the molecule is COc1cc(F)ccc1NC(=O)NCC(O)c1ccc(F)cc1. The molecule has 2 aromatic carbocycles. The van der Waals surface area contributed by atoms with Gasteiger partial charge in [-0.1, -0.05) is 12.1 Å². The highest BCUT2D eigenvalue weighted by atomic mass is 19.1. The molecule has 2 aromatic rings. The van der Waals surface area contributed by atoms with Gasteiger partial charge in [0.2, 0.25) is 0 Å². The summed E-state index contributed by atoms with van der Waals surface area (Å²) in [6.45, 7) is -0.0685. The van der Waals surface area contributed by atoms with Crippen molar-refractivity contribution in [2.75, 3.05) is 19.0 Å². The normalized spacial score (nSPS) is 11.7. The number of nitrogens with one attached hydrogen (secondary N) is 2. The monoisotopic (exact) mass is 322 g/mol. The number of halogens is 2. The van der Waals surface area contributed by atoms with Crippen LogP contribution < -0.4 is 15.4 Å². The molecule has 0 bridgehead atoms. The number of ether oxygens (including phenoxy) is 1. The first-order valence-electron chi connectivity index (χ1n) is 6.81. The summed E-state index contributed by atoms with van der Waals surface area (Å²) in [5, 5.41) is 14.9. The molecule has 2 rings (SSSR count). The smallest absolute Gasteiger partial charge is 0.319 e. The molecular formula is C16H16F2N2O3. The maximum absolute atomic E-state index is 13.1. The molecule has 0 saturated carbocycles. The first kappa shape index (κ1) is 16.7. The molecule has 0 aliphatic rings. The van der Waals surface area contributed by atoms with E-state index in [0.29, 0.717) is 11.3 Å². The molecule has 7 heteroatoms. The average Bonchev–Trinajstić information content (AvgIpc) is 2.55. The Morgan fingerprint density at radius 3 is 2.48 bits per heavy atom. The van der Waals surface area contributed by atoms with Crippen LogP contribution in [0.2, 0.25) is 0 Å². The molecule has 0 aromatic heterocycles. The summed E-state index contributed by atoms with van der Waals surface area (Å²) in [6, 6.07) is 8.42. The van der Waals surface area contributed by atoms with Crippen LogP contribution in [0.25, 0.3) is 0 Å². The minimum atomic E-state index is -0.975. The van der Waals surface area contributed by atoms with Crippen molar-refractivity contribution in [2.45, 2.75) is 6.10 Å². The van der Waals surface area contributed by atoms with Crippen molar-refractivity contribution in [3.05, 3.63) is 59.7 Å². The number of rotatable bonds is 5. The zero-order chi connectivity index (χ0) is 16.8. The number of urea groups is 1. The van der Waals surface area contributed by atoms with Crippen molar-refractivity contribution < 1.29 is 23.4 Å². The lowest BCUT2D eigenvalue weighted by Gasteiger charge is -2.14. The molecule has 0 spiro atoms. The number of hydrogen-bond acceptors (Lipinski definition) is 3. The molecule has 5 nitrogen and oxygen atoms in total. The van der Waals surface area contributed by atoms with Gasteiger partial charge in [0.05, 0.1) is 18.9 Å². The van der Waals surface area contributed by atoms with Crippen LogP contribution in [0.15, 0.2) is 42.5 Å². The minimum absolute atomic E-state index is 0.0685. The summed E-state index contributed by atoms with van der Waals surface area (Å²) in [7, 11) is 1.36. The molecule has 122 valence electrons. The van der Waals surface area contributed by atoms with Crippen molar-refractivity contribution in [1.82, 2.24) is 5.32 Å². The maximum atomic E-state index is 13.1. The Kier molecular flexibility index (Phi) is 5.48. The fourth-order valence-electron chi connectivity index (χ4n) is 1.93. The van der Waals surface area contributed by atoms with E-state index in [1.807, 2.05) is 0 Å². The lowest BCUT2D eigenvalue weighted by Crippen LogP contribution is -2.32. The van der Waals surface area contributed by atoms with Crippen molar-refractivity contribution in [3.8, 4) is 5.75 Å². The van der Waals surface area contributed by atoms with Gasteiger partial charge in [-0.15, -0.1) is 0 Å². The second-order valence-corrected chi connectivity index (χ2v) is 4.75. The molecule has 1 atom stereocenters. The zero-order valence-corrected chi connectivity index (χ0v) is 12.3. The third-order valence-electron chi connectivity index (χ3n) is 3.12. The van der Waals surface area contributed by atoms with Crippen molar-refractivity contribution in [2.24, 2.45) is 0 Å². The van der Waals surface area contributed by atoms with Crippen molar-refractivity contribution in [3.63, 3.8) is 0 Å². The number of anilines is 1. The Morgan fingerprint density at radius 2 is 1.83 bits per heavy atom. The Hall–Kier alpha value is -2.67. The number of hydrogen-bond donors (Lipinski definition) is 3. The number of carbonyl (C=O) groups is 1. The topological polar surface area (TPSA) is 70.6 Å². The van der Waals surface area contributed by atoms with E-state index in [9.17, 15) is 18.7 Å². The van der Waals surface area contributed by atoms with Crippen LogP contribution in [-0.4, -0.2) is 24.8 Å². The molecule has 0 fully saturated rings. The predicted molar refractivity (Wildman–Crippen MR) is 81.3 cm³/mol. The second-order valence-electron chi connectivity index (χ2n) is 4.75. The van der Waals surface area contributed by atoms with Gasteiger partial charge in [0, 0.05) is 12.6 Å². The summed E-state index contributed by atoms with van der Waals surface area (Å²) in [5.41, 5.74) is 0.772. The summed E-state index contributed by atoms with van der Waals surface area (Å²) in [6.07, 6.45) is -0.975. The fourth-order valence-corrected chi connectivity index (χ4v) is 1.93. The van der Waals surface area contributed by atoms with Crippen molar-refractivity contribution in [1.29, 1.82) is 0 Å². The first-order chi connectivity index (χ1) is 11.0. The van der Waals surface area contributed by atoms with Gasteiger partial charge in [-0.25, -0.2) is 13.6 Å². The van der Waals surface area contributed by atoms with Crippen LogP contribution in [0, 0.1) is 11.6 Å². The van der Waals surface area contributed by atoms with Gasteiger partial charge in [-0.3, -0.25) is 0 Å². The zero-order valence-electron chi connectivity index (χ0n) is 12.3. The Bertz CT molecular complexity index is 678. The first-order valence-corrected chi connectivity index (χ1v) is 6.81. The molecule has 3 N–H and O–H groups in total. The van der Waals surface area contributed by atoms with Crippen LogP contribution in [0.3, 0.4) is 0 Å². The van der Waals surface area contributed by atoms with Gasteiger partial charge in [-0.2, -0.15) is 0 Å². The summed E-state index contributed by atoms with van der Waals surface area (Å²) in [5.74, 6) is -0.714. The van der Waals surface area contributed by atoms with E-state index < -0.39 is 23.8 Å². The van der Waals surface area contributed by atoms with Crippen LogP contribution in [0.4, 0.5) is 19.3 Å². The van der Waals surface area contributed by atoms with E-state index in [0.717, 1.165) is 6.07 Å². The Labute approximate surface area is 131 Å². The molecule has 0 aliphatic heterocycles. The fraction of sp³-hybridized carbons (Fsp3) is 0.188. The number of methoxy groups -OCH3 is 1. The molecule has 23 heavy (non-hydrogen) atoms. The molecule has 0 heterocycles. The largest absolute Gasteiger partial charge is 0.494 e. The van der Waals surface area contributed by atoms with Gasteiger partial charge in [0.15, 0.2) is 0 Å². The van der Waals surface area contributed by atoms with Gasteiger partial charge in [0.1, 0.15) is 17.4 Å². The lowest BCUT2D eigenvalue weighted by atomic mass is 10.1. The van der Waals surface area contributed by atoms with Crippen LogP contribution in [0.5, 0.6) is 5.75 Å². The van der Waals surface area contributed by atoms with Gasteiger partial charge >= 0.3 is 6.03 Å². The third kappa shape index (κ3) is 4.65. The summed E-state index contributed by atoms with van der Waals surface area (Å²) in [4.78, 5) is 11.8. The molecular weight excluding hydrogens is 306 g/mol. The van der Waals surface area contributed by atoms with E-state index in [1.54, 1.807) is 0 Å². The minimum Gasteiger partial charge on any atom is -0.494 e. The number of aliphatic hydroxyl groups excluding tert-OH is 1. The van der Waals surface area contributed by atoms with Crippen LogP contribution in [-0.2, 0) is 0 Å². The molecule has 0 radical (unpaired) electrons. The Balaban J connectivity index is 1.91. The highest BCUT2D eigenvalue weighted by molar-refractivity contribution is 5.90. The molecule has 0 saturated heterocycles.